The first-order valence-electron chi connectivity index (χ1n) is 5.58. The molecule has 0 unspecified atom stereocenters. The molecular weight excluding hydrogens is 379 g/mol. The summed E-state index contributed by atoms with van der Waals surface area (Å²) in [6, 6.07) is 9.47. The molecule has 0 fully saturated rings. The Labute approximate surface area is 127 Å². The summed E-state index contributed by atoms with van der Waals surface area (Å²) in [4.78, 5) is 0. The van der Waals surface area contributed by atoms with Crippen LogP contribution in [0.4, 0.5) is 4.39 Å². The smallest absolute Gasteiger partial charge is 0.144 e. The zero-order valence-corrected chi connectivity index (χ0v) is 13.2. The highest BCUT2D eigenvalue weighted by Crippen LogP contribution is 2.33. The molecule has 0 aromatic heterocycles. The van der Waals surface area contributed by atoms with E-state index in [1.165, 1.54) is 12.1 Å². The van der Waals surface area contributed by atoms with E-state index in [-0.39, 0.29) is 5.82 Å². The molecule has 0 amide bonds. The molecule has 2 aromatic carbocycles. The predicted molar refractivity (Wildman–Crippen MR) is 78.9 cm³/mol. The lowest BCUT2D eigenvalue weighted by Crippen LogP contribution is -1.93. The molecule has 0 bridgehead atoms. The van der Waals surface area contributed by atoms with Crippen LogP contribution in [0.3, 0.4) is 0 Å². The first kappa shape index (κ1) is 14.5. The molecule has 19 heavy (non-hydrogen) atoms. The molecule has 0 saturated heterocycles. The summed E-state index contributed by atoms with van der Waals surface area (Å²) in [5, 5.41) is 9.54. The zero-order chi connectivity index (χ0) is 14.0. The van der Waals surface area contributed by atoms with Gasteiger partial charge in [0, 0.05) is 10.5 Å². The maximum atomic E-state index is 13.2. The van der Waals surface area contributed by atoms with Gasteiger partial charge in [-0.1, -0.05) is 22.0 Å². The standard InChI is InChI=1S/C14H11Br2FO2/c1-8(18)11-4-3-10(7-13(11)16)19-14-6-9(17)2-5-12(14)15/h2-8,18H,1H3/t8-/m1/s1. The van der Waals surface area contributed by atoms with Gasteiger partial charge in [-0.25, -0.2) is 4.39 Å². The highest BCUT2D eigenvalue weighted by Gasteiger charge is 2.09. The van der Waals surface area contributed by atoms with Gasteiger partial charge >= 0.3 is 0 Å². The largest absolute Gasteiger partial charge is 0.456 e. The highest BCUT2D eigenvalue weighted by molar-refractivity contribution is 9.10. The molecule has 0 heterocycles. The van der Waals surface area contributed by atoms with Gasteiger partial charge in [0.05, 0.1) is 10.6 Å². The van der Waals surface area contributed by atoms with Crippen molar-refractivity contribution in [2.24, 2.45) is 0 Å². The molecule has 2 rings (SSSR count). The third-order valence-electron chi connectivity index (χ3n) is 2.54. The highest BCUT2D eigenvalue weighted by atomic mass is 79.9. The minimum Gasteiger partial charge on any atom is -0.456 e. The van der Waals surface area contributed by atoms with Crippen LogP contribution in [0.5, 0.6) is 11.5 Å². The van der Waals surface area contributed by atoms with E-state index >= 15 is 0 Å². The normalized spacial score (nSPS) is 12.3. The summed E-state index contributed by atoms with van der Waals surface area (Å²) in [5.41, 5.74) is 0.769. The Balaban J connectivity index is 2.29. The van der Waals surface area contributed by atoms with Crippen LogP contribution in [-0.4, -0.2) is 5.11 Å². The van der Waals surface area contributed by atoms with E-state index in [4.69, 9.17) is 4.74 Å². The van der Waals surface area contributed by atoms with E-state index in [2.05, 4.69) is 31.9 Å². The quantitative estimate of drug-likeness (QED) is 0.781. The molecule has 0 aliphatic rings. The number of aliphatic hydroxyl groups excluding tert-OH is 1. The van der Waals surface area contributed by atoms with E-state index in [1.807, 2.05) is 0 Å². The van der Waals surface area contributed by atoms with Crippen molar-refractivity contribution in [3.8, 4) is 11.5 Å². The molecule has 0 spiro atoms. The average molecular weight is 390 g/mol. The SMILES string of the molecule is C[C@@H](O)c1ccc(Oc2cc(F)ccc2Br)cc1Br. The Morgan fingerprint density at radius 3 is 2.47 bits per heavy atom. The second-order valence-electron chi connectivity index (χ2n) is 4.04. The second kappa shape index (κ2) is 6.03. The molecule has 1 N–H and O–H groups in total. The molecule has 2 aromatic rings. The zero-order valence-electron chi connectivity index (χ0n) is 10.0. The van der Waals surface area contributed by atoms with Crippen molar-refractivity contribution in [1.29, 1.82) is 0 Å². The third kappa shape index (κ3) is 3.55. The van der Waals surface area contributed by atoms with E-state index in [9.17, 15) is 9.50 Å². The van der Waals surface area contributed by atoms with E-state index in [0.29, 0.717) is 16.0 Å². The number of rotatable bonds is 3. The van der Waals surface area contributed by atoms with Gasteiger partial charge in [-0.2, -0.15) is 0 Å². The lowest BCUT2D eigenvalue weighted by molar-refractivity contribution is 0.198. The Hall–Kier alpha value is -0.910. The topological polar surface area (TPSA) is 29.5 Å². The summed E-state index contributed by atoms with van der Waals surface area (Å²) in [6.45, 7) is 1.68. The van der Waals surface area contributed by atoms with E-state index < -0.39 is 6.10 Å². The van der Waals surface area contributed by atoms with Gasteiger partial charge < -0.3 is 9.84 Å². The van der Waals surface area contributed by atoms with Crippen LogP contribution in [0, 0.1) is 5.82 Å². The first-order valence-corrected chi connectivity index (χ1v) is 7.16. The molecular formula is C14H11Br2FO2. The Bertz CT molecular complexity index is 600. The minimum absolute atomic E-state index is 0.363. The van der Waals surface area contributed by atoms with Gasteiger partial charge in [-0.05, 0) is 52.7 Å². The van der Waals surface area contributed by atoms with Crippen molar-refractivity contribution in [2.75, 3.05) is 0 Å². The van der Waals surface area contributed by atoms with Crippen LogP contribution in [0.1, 0.15) is 18.6 Å². The molecule has 0 aliphatic carbocycles. The number of benzene rings is 2. The molecule has 0 aliphatic heterocycles. The van der Waals surface area contributed by atoms with Crippen LogP contribution in [0.2, 0.25) is 0 Å². The summed E-state index contributed by atoms with van der Waals surface area (Å²) in [5.74, 6) is 0.595. The van der Waals surface area contributed by atoms with Gasteiger partial charge in [-0.3, -0.25) is 0 Å². The van der Waals surface area contributed by atoms with Gasteiger partial charge in [-0.15, -0.1) is 0 Å². The van der Waals surface area contributed by atoms with Crippen molar-refractivity contribution >= 4 is 31.9 Å². The molecule has 0 radical (unpaired) electrons. The third-order valence-corrected chi connectivity index (χ3v) is 3.88. The number of aliphatic hydroxyl groups is 1. The summed E-state index contributed by atoms with van der Waals surface area (Å²) < 4.78 is 20.2. The van der Waals surface area contributed by atoms with Crippen LogP contribution in [0.25, 0.3) is 0 Å². The number of halogens is 3. The fraction of sp³-hybridized carbons (Fsp3) is 0.143. The maximum Gasteiger partial charge on any atom is 0.144 e. The van der Waals surface area contributed by atoms with Crippen LogP contribution >= 0.6 is 31.9 Å². The van der Waals surface area contributed by atoms with Crippen molar-refractivity contribution in [3.05, 3.63) is 56.7 Å². The average Bonchev–Trinajstić information content (AvgIpc) is 2.33. The lowest BCUT2D eigenvalue weighted by Gasteiger charge is -2.11. The molecule has 0 saturated carbocycles. The van der Waals surface area contributed by atoms with Crippen molar-refractivity contribution in [3.63, 3.8) is 0 Å². The lowest BCUT2D eigenvalue weighted by atomic mass is 10.1. The second-order valence-corrected chi connectivity index (χ2v) is 5.74. The van der Waals surface area contributed by atoms with Crippen molar-refractivity contribution in [1.82, 2.24) is 0 Å². The predicted octanol–water partition coefficient (Wildman–Crippen LogP) is 5.20. The van der Waals surface area contributed by atoms with Crippen LogP contribution < -0.4 is 4.74 Å². The maximum absolute atomic E-state index is 13.2. The Kier molecular flexibility index (Phi) is 4.60. The number of hydrogen-bond acceptors (Lipinski definition) is 2. The van der Waals surface area contributed by atoms with E-state index in [1.54, 1.807) is 31.2 Å². The summed E-state index contributed by atoms with van der Waals surface area (Å²) in [7, 11) is 0. The molecule has 100 valence electrons. The molecule has 5 heteroatoms. The van der Waals surface area contributed by atoms with Crippen LogP contribution in [-0.2, 0) is 0 Å². The van der Waals surface area contributed by atoms with Crippen molar-refractivity contribution < 1.29 is 14.2 Å². The summed E-state index contributed by atoms with van der Waals surface area (Å²) >= 11 is 6.67. The minimum atomic E-state index is -0.565. The van der Waals surface area contributed by atoms with Crippen molar-refractivity contribution in [2.45, 2.75) is 13.0 Å². The van der Waals surface area contributed by atoms with Gasteiger partial charge in [0.1, 0.15) is 17.3 Å². The van der Waals surface area contributed by atoms with Gasteiger partial charge in [0.2, 0.25) is 0 Å². The van der Waals surface area contributed by atoms with E-state index in [0.717, 1.165) is 10.0 Å². The van der Waals surface area contributed by atoms with Gasteiger partial charge in [0.15, 0.2) is 0 Å². The number of ether oxygens (including phenoxy) is 1. The fourth-order valence-corrected chi connectivity index (χ4v) is 2.61. The Morgan fingerprint density at radius 2 is 1.84 bits per heavy atom. The monoisotopic (exact) mass is 388 g/mol. The molecule has 1 atom stereocenters. The summed E-state index contributed by atoms with van der Waals surface area (Å²) in [6.07, 6.45) is -0.565. The Morgan fingerprint density at radius 1 is 1.11 bits per heavy atom. The number of hydrogen-bond donors (Lipinski definition) is 1. The fourth-order valence-electron chi connectivity index (χ4n) is 1.59. The van der Waals surface area contributed by atoms with Crippen LogP contribution in [0.15, 0.2) is 45.3 Å². The first-order chi connectivity index (χ1) is 8.97. The molecule has 2 nitrogen and oxygen atoms in total. The van der Waals surface area contributed by atoms with Gasteiger partial charge in [0.25, 0.3) is 0 Å².